The summed E-state index contributed by atoms with van der Waals surface area (Å²) in [6.45, 7) is 2.92. The van der Waals surface area contributed by atoms with Gasteiger partial charge in [0.25, 0.3) is 0 Å². The van der Waals surface area contributed by atoms with Gasteiger partial charge in [-0.1, -0.05) is 6.07 Å². The molecule has 0 saturated heterocycles. The van der Waals surface area contributed by atoms with Gasteiger partial charge in [-0.2, -0.15) is 0 Å². The van der Waals surface area contributed by atoms with Crippen molar-refractivity contribution in [3.8, 4) is 11.3 Å². The number of carbonyl (C=O) groups is 1. The van der Waals surface area contributed by atoms with E-state index in [9.17, 15) is 4.79 Å². The number of hydrogen-bond donors (Lipinski definition) is 2. The third-order valence-corrected chi connectivity index (χ3v) is 2.60. The molecule has 0 radical (unpaired) electrons. The Kier molecular flexibility index (Phi) is 4.44. The standard InChI is InChI=1S/C14H16N4O/c1-2-16-14(19)18-10-12-6-4-8-17-13(12)11-5-3-7-15-9-11/h3-9H,2,10H2,1H3,(H2,16,18,19). The van der Waals surface area contributed by atoms with Crippen LogP contribution >= 0.6 is 0 Å². The van der Waals surface area contributed by atoms with Crippen molar-refractivity contribution in [2.45, 2.75) is 13.5 Å². The molecule has 0 spiro atoms. The summed E-state index contributed by atoms with van der Waals surface area (Å²) in [7, 11) is 0. The van der Waals surface area contributed by atoms with Gasteiger partial charge in [0.1, 0.15) is 0 Å². The topological polar surface area (TPSA) is 66.9 Å². The van der Waals surface area contributed by atoms with E-state index in [1.165, 1.54) is 0 Å². The fraction of sp³-hybridized carbons (Fsp3) is 0.214. The normalized spacial score (nSPS) is 9.95. The van der Waals surface area contributed by atoms with Crippen LogP contribution in [0.3, 0.4) is 0 Å². The molecule has 2 heterocycles. The first-order valence-electron chi connectivity index (χ1n) is 6.17. The summed E-state index contributed by atoms with van der Waals surface area (Å²) in [4.78, 5) is 19.9. The number of amides is 2. The molecule has 0 aromatic carbocycles. The maximum Gasteiger partial charge on any atom is 0.315 e. The fourth-order valence-corrected chi connectivity index (χ4v) is 1.74. The average Bonchev–Trinajstić information content (AvgIpc) is 2.47. The molecule has 2 aromatic heterocycles. The zero-order valence-corrected chi connectivity index (χ0v) is 10.8. The third kappa shape index (κ3) is 3.51. The van der Waals surface area contributed by atoms with E-state index in [1.807, 2.05) is 31.2 Å². The molecule has 2 N–H and O–H groups in total. The van der Waals surface area contributed by atoms with Crippen LogP contribution < -0.4 is 10.6 Å². The summed E-state index contributed by atoms with van der Waals surface area (Å²) in [5.74, 6) is 0. The van der Waals surface area contributed by atoms with Crippen molar-refractivity contribution >= 4 is 6.03 Å². The molecular weight excluding hydrogens is 240 g/mol. The second kappa shape index (κ2) is 6.49. The van der Waals surface area contributed by atoms with Crippen molar-refractivity contribution in [1.82, 2.24) is 20.6 Å². The highest BCUT2D eigenvalue weighted by Gasteiger charge is 2.07. The molecule has 5 nitrogen and oxygen atoms in total. The van der Waals surface area contributed by atoms with E-state index in [-0.39, 0.29) is 6.03 Å². The molecule has 0 bridgehead atoms. The lowest BCUT2D eigenvalue weighted by molar-refractivity contribution is 0.241. The summed E-state index contributed by atoms with van der Waals surface area (Å²) in [5, 5.41) is 5.49. The molecule has 0 aliphatic rings. The van der Waals surface area contributed by atoms with E-state index < -0.39 is 0 Å². The second-order valence-electron chi connectivity index (χ2n) is 3.97. The number of hydrogen-bond acceptors (Lipinski definition) is 3. The van der Waals surface area contributed by atoms with Gasteiger partial charge < -0.3 is 10.6 Å². The first-order chi connectivity index (χ1) is 9.31. The number of urea groups is 1. The summed E-state index contributed by atoms with van der Waals surface area (Å²) >= 11 is 0. The van der Waals surface area contributed by atoms with Crippen molar-refractivity contribution < 1.29 is 4.79 Å². The Morgan fingerprint density at radius 1 is 1.21 bits per heavy atom. The van der Waals surface area contributed by atoms with Crippen molar-refractivity contribution in [2.75, 3.05) is 6.54 Å². The molecular formula is C14H16N4O. The lowest BCUT2D eigenvalue weighted by Crippen LogP contribution is -2.34. The Hall–Kier alpha value is -2.43. The number of nitrogens with one attached hydrogen (secondary N) is 2. The van der Waals surface area contributed by atoms with Crippen LogP contribution in [0.1, 0.15) is 12.5 Å². The molecule has 0 fully saturated rings. The summed E-state index contributed by atoms with van der Waals surface area (Å²) in [6.07, 6.45) is 5.22. The second-order valence-corrected chi connectivity index (χ2v) is 3.97. The summed E-state index contributed by atoms with van der Waals surface area (Å²) in [5.41, 5.74) is 2.74. The first-order valence-corrected chi connectivity index (χ1v) is 6.17. The van der Waals surface area contributed by atoms with Gasteiger partial charge in [0.05, 0.1) is 5.69 Å². The Balaban J connectivity index is 2.15. The summed E-state index contributed by atoms with van der Waals surface area (Å²) in [6, 6.07) is 7.44. The molecule has 19 heavy (non-hydrogen) atoms. The van der Waals surface area contributed by atoms with Gasteiger partial charge in [-0.05, 0) is 30.7 Å². The van der Waals surface area contributed by atoms with Crippen LogP contribution in [0.25, 0.3) is 11.3 Å². The molecule has 2 amide bonds. The van der Waals surface area contributed by atoms with Crippen molar-refractivity contribution in [3.63, 3.8) is 0 Å². The van der Waals surface area contributed by atoms with E-state index in [0.717, 1.165) is 16.8 Å². The lowest BCUT2D eigenvalue weighted by Gasteiger charge is -2.10. The lowest BCUT2D eigenvalue weighted by atomic mass is 10.1. The molecule has 2 aromatic rings. The minimum atomic E-state index is -0.177. The molecule has 0 aliphatic heterocycles. The van der Waals surface area contributed by atoms with Crippen LogP contribution in [-0.4, -0.2) is 22.5 Å². The van der Waals surface area contributed by atoms with Gasteiger partial charge in [-0.3, -0.25) is 9.97 Å². The van der Waals surface area contributed by atoms with Gasteiger partial charge in [0, 0.05) is 37.2 Å². The molecule has 0 saturated carbocycles. The van der Waals surface area contributed by atoms with Gasteiger partial charge >= 0.3 is 6.03 Å². The zero-order chi connectivity index (χ0) is 13.5. The van der Waals surface area contributed by atoms with E-state index in [1.54, 1.807) is 18.6 Å². The van der Waals surface area contributed by atoms with E-state index in [0.29, 0.717) is 13.1 Å². The summed E-state index contributed by atoms with van der Waals surface area (Å²) < 4.78 is 0. The van der Waals surface area contributed by atoms with Crippen LogP contribution in [0.4, 0.5) is 4.79 Å². The highest BCUT2D eigenvalue weighted by molar-refractivity contribution is 5.74. The highest BCUT2D eigenvalue weighted by atomic mass is 16.2. The molecule has 0 atom stereocenters. The van der Waals surface area contributed by atoms with Crippen molar-refractivity contribution in [3.05, 3.63) is 48.4 Å². The minimum absolute atomic E-state index is 0.177. The number of nitrogens with zero attached hydrogens (tertiary/aromatic N) is 2. The van der Waals surface area contributed by atoms with Crippen LogP contribution in [0.15, 0.2) is 42.9 Å². The maximum absolute atomic E-state index is 11.4. The minimum Gasteiger partial charge on any atom is -0.338 e. The SMILES string of the molecule is CCNC(=O)NCc1cccnc1-c1cccnc1. The van der Waals surface area contributed by atoms with E-state index >= 15 is 0 Å². The van der Waals surface area contributed by atoms with Gasteiger partial charge in [-0.25, -0.2) is 4.79 Å². The predicted octanol–water partition coefficient (Wildman–Crippen LogP) is 1.96. The molecule has 98 valence electrons. The third-order valence-electron chi connectivity index (χ3n) is 2.60. The molecule has 0 unspecified atom stereocenters. The van der Waals surface area contributed by atoms with Crippen LogP contribution in [-0.2, 0) is 6.54 Å². The average molecular weight is 256 g/mol. The molecule has 5 heteroatoms. The Bertz CT molecular complexity index is 542. The maximum atomic E-state index is 11.4. The van der Waals surface area contributed by atoms with E-state index in [2.05, 4.69) is 20.6 Å². The van der Waals surface area contributed by atoms with Gasteiger partial charge in [0.2, 0.25) is 0 Å². The smallest absolute Gasteiger partial charge is 0.315 e. The Labute approximate surface area is 112 Å². The number of carbonyl (C=O) groups excluding carboxylic acids is 1. The number of rotatable bonds is 4. The van der Waals surface area contributed by atoms with Gasteiger partial charge in [-0.15, -0.1) is 0 Å². The Morgan fingerprint density at radius 3 is 2.79 bits per heavy atom. The monoisotopic (exact) mass is 256 g/mol. The number of aromatic nitrogens is 2. The largest absolute Gasteiger partial charge is 0.338 e. The van der Waals surface area contributed by atoms with Crippen LogP contribution in [0.2, 0.25) is 0 Å². The van der Waals surface area contributed by atoms with Gasteiger partial charge in [0.15, 0.2) is 0 Å². The Morgan fingerprint density at radius 2 is 2.05 bits per heavy atom. The molecule has 0 aliphatic carbocycles. The highest BCUT2D eigenvalue weighted by Crippen LogP contribution is 2.19. The van der Waals surface area contributed by atoms with Crippen LogP contribution in [0.5, 0.6) is 0 Å². The first kappa shape index (κ1) is 13.0. The number of pyridine rings is 2. The zero-order valence-electron chi connectivity index (χ0n) is 10.8. The van der Waals surface area contributed by atoms with E-state index in [4.69, 9.17) is 0 Å². The predicted molar refractivity (Wildman–Crippen MR) is 73.4 cm³/mol. The van der Waals surface area contributed by atoms with Crippen molar-refractivity contribution in [1.29, 1.82) is 0 Å². The van der Waals surface area contributed by atoms with Crippen molar-refractivity contribution in [2.24, 2.45) is 0 Å². The quantitative estimate of drug-likeness (QED) is 0.878. The fourth-order valence-electron chi connectivity index (χ4n) is 1.74. The van der Waals surface area contributed by atoms with Crippen LogP contribution in [0, 0.1) is 0 Å². The molecule has 2 rings (SSSR count).